The summed E-state index contributed by atoms with van der Waals surface area (Å²) in [5.41, 5.74) is 0.702. The van der Waals surface area contributed by atoms with Gasteiger partial charge in [-0.1, -0.05) is 12.2 Å². The Morgan fingerprint density at radius 1 is 1.24 bits per heavy atom. The number of methoxy groups -OCH3 is 2. The first kappa shape index (κ1) is 27.5. The normalized spacial score (nSPS) is 20.9. The minimum Gasteiger partial charge on any atom is -0.497 e. The molecule has 0 aromatic heterocycles. The van der Waals surface area contributed by atoms with Gasteiger partial charge in [0.2, 0.25) is 5.78 Å². The fraction of sp³-hybridized carbons (Fsp3) is 0.520. The van der Waals surface area contributed by atoms with E-state index < -0.39 is 41.7 Å². The van der Waals surface area contributed by atoms with Crippen LogP contribution in [-0.2, 0) is 23.7 Å². The van der Waals surface area contributed by atoms with Crippen LogP contribution in [0.3, 0.4) is 0 Å². The summed E-state index contributed by atoms with van der Waals surface area (Å²) in [5, 5.41) is 0. The minimum atomic E-state index is -1.03. The standard InChI is InChI=1S/C25H33FO8/c1-8-9-17-12-18(30-7)13-20(31-14-29-6)21(17)24(28)32-15(2)10-11-19(26)22(27)23-16(3)33-25(4,5)34-23/h8-9,11-13,15-16,23H,10,14H2,1-7H3/b9-8+,19-11+/t15?,16-,23?/m0/s1. The molecule has 188 valence electrons. The number of ether oxygens (including phenoxy) is 6. The molecule has 9 heteroatoms. The van der Waals surface area contributed by atoms with Gasteiger partial charge in [-0.2, -0.15) is 0 Å². The Bertz CT molecular complexity index is 937. The van der Waals surface area contributed by atoms with Crippen molar-refractivity contribution in [1.82, 2.24) is 0 Å². The molecule has 1 heterocycles. The summed E-state index contributed by atoms with van der Waals surface area (Å²) in [6.45, 7) is 8.28. The van der Waals surface area contributed by atoms with E-state index in [1.165, 1.54) is 14.2 Å². The second-order valence-corrected chi connectivity index (χ2v) is 8.27. The molecule has 1 aliphatic rings. The molecule has 0 amide bonds. The molecule has 0 spiro atoms. The van der Waals surface area contributed by atoms with Crippen molar-refractivity contribution >= 4 is 17.8 Å². The van der Waals surface area contributed by atoms with Gasteiger partial charge in [-0.3, -0.25) is 4.79 Å². The number of benzene rings is 1. The summed E-state index contributed by atoms with van der Waals surface area (Å²) in [6, 6.07) is 3.23. The van der Waals surface area contributed by atoms with Crippen LogP contribution >= 0.6 is 0 Å². The van der Waals surface area contributed by atoms with E-state index >= 15 is 0 Å². The Balaban J connectivity index is 2.15. The molecule has 2 rings (SSSR count). The number of carbonyl (C=O) groups excluding carboxylic acids is 2. The number of halogens is 1. The van der Waals surface area contributed by atoms with Crippen LogP contribution in [0.1, 0.15) is 57.0 Å². The third kappa shape index (κ3) is 7.12. The lowest BCUT2D eigenvalue weighted by molar-refractivity contribution is -0.153. The Morgan fingerprint density at radius 2 is 1.94 bits per heavy atom. The predicted molar refractivity (Wildman–Crippen MR) is 123 cm³/mol. The molecule has 34 heavy (non-hydrogen) atoms. The van der Waals surface area contributed by atoms with Crippen LogP contribution in [-0.4, -0.2) is 56.9 Å². The summed E-state index contributed by atoms with van der Waals surface area (Å²) in [4.78, 5) is 25.4. The molecule has 1 aliphatic heterocycles. The van der Waals surface area contributed by atoms with Gasteiger partial charge in [0, 0.05) is 19.6 Å². The highest BCUT2D eigenvalue weighted by Gasteiger charge is 2.43. The summed E-state index contributed by atoms with van der Waals surface area (Å²) in [6.07, 6.45) is 2.21. The second kappa shape index (κ2) is 12.1. The van der Waals surface area contributed by atoms with Gasteiger partial charge in [0.25, 0.3) is 0 Å². The van der Waals surface area contributed by atoms with E-state index in [9.17, 15) is 14.0 Å². The molecule has 0 bridgehead atoms. The van der Waals surface area contributed by atoms with Gasteiger partial charge >= 0.3 is 5.97 Å². The fourth-order valence-electron chi connectivity index (χ4n) is 3.50. The van der Waals surface area contributed by atoms with E-state index in [0.29, 0.717) is 11.3 Å². The average Bonchev–Trinajstić information content (AvgIpc) is 3.07. The first-order chi connectivity index (χ1) is 16.0. The van der Waals surface area contributed by atoms with Crippen LogP contribution in [0.25, 0.3) is 6.08 Å². The van der Waals surface area contributed by atoms with Gasteiger partial charge in [0.15, 0.2) is 24.5 Å². The van der Waals surface area contributed by atoms with Crippen LogP contribution in [0, 0.1) is 0 Å². The number of carbonyl (C=O) groups is 2. The number of allylic oxidation sites excluding steroid dienone is 1. The van der Waals surface area contributed by atoms with E-state index in [4.69, 9.17) is 28.4 Å². The first-order valence-electron chi connectivity index (χ1n) is 11.0. The predicted octanol–water partition coefficient (Wildman–Crippen LogP) is 4.61. The van der Waals surface area contributed by atoms with Crippen molar-refractivity contribution in [2.75, 3.05) is 21.0 Å². The van der Waals surface area contributed by atoms with Gasteiger partial charge in [-0.25, -0.2) is 9.18 Å². The molecular formula is C25H33FO8. The van der Waals surface area contributed by atoms with E-state index in [2.05, 4.69) is 0 Å². The highest BCUT2D eigenvalue weighted by Crippen LogP contribution is 2.32. The topological polar surface area (TPSA) is 89.5 Å². The lowest BCUT2D eigenvalue weighted by atomic mass is 10.0. The van der Waals surface area contributed by atoms with E-state index in [-0.39, 0.29) is 24.5 Å². The molecule has 1 aromatic rings. The molecular weight excluding hydrogens is 447 g/mol. The third-order valence-electron chi connectivity index (χ3n) is 4.96. The Hall–Kier alpha value is -2.75. The van der Waals surface area contributed by atoms with Crippen molar-refractivity contribution in [1.29, 1.82) is 0 Å². The van der Waals surface area contributed by atoms with E-state index in [1.807, 2.05) is 0 Å². The summed E-state index contributed by atoms with van der Waals surface area (Å²) in [5.74, 6) is -2.70. The molecule has 0 N–H and O–H groups in total. The van der Waals surface area contributed by atoms with Crippen molar-refractivity contribution in [3.05, 3.63) is 41.2 Å². The van der Waals surface area contributed by atoms with E-state index in [0.717, 1.165) is 6.08 Å². The SMILES string of the molecule is C/C=C/c1cc(OC)cc(OCOC)c1C(=O)OC(C)C/C=C(/F)C(=O)C1OC(C)(C)O[C@H]1C. The quantitative estimate of drug-likeness (QED) is 0.258. The van der Waals surface area contributed by atoms with Crippen molar-refractivity contribution in [2.24, 2.45) is 0 Å². The van der Waals surface area contributed by atoms with E-state index in [1.54, 1.807) is 58.9 Å². The smallest absolute Gasteiger partial charge is 0.342 e. The fourth-order valence-corrected chi connectivity index (χ4v) is 3.50. The molecule has 1 fully saturated rings. The van der Waals surface area contributed by atoms with Crippen LogP contribution in [0.5, 0.6) is 11.5 Å². The molecule has 0 radical (unpaired) electrons. The zero-order valence-corrected chi connectivity index (χ0v) is 20.7. The Kier molecular flexibility index (Phi) is 9.78. The number of esters is 1. The largest absolute Gasteiger partial charge is 0.497 e. The lowest BCUT2D eigenvalue weighted by Crippen LogP contribution is -2.30. The molecule has 0 aliphatic carbocycles. The third-order valence-corrected chi connectivity index (χ3v) is 4.96. The summed E-state index contributed by atoms with van der Waals surface area (Å²) < 4.78 is 46.8. The number of Topliss-reactive ketones (excluding diaryl/α,β-unsaturated/α-hetero) is 1. The Labute approximate surface area is 199 Å². The molecule has 0 saturated carbocycles. The van der Waals surface area contributed by atoms with Crippen molar-refractivity contribution < 1.29 is 42.4 Å². The highest BCUT2D eigenvalue weighted by atomic mass is 19.1. The van der Waals surface area contributed by atoms with Crippen LogP contribution in [0.15, 0.2) is 30.1 Å². The monoisotopic (exact) mass is 480 g/mol. The van der Waals surface area contributed by atoms with Gasteiger partial charge in [-0.15, -0.1) is 0 Å². The Morgan fingerprint density at radius 3 is 2.50 bits per heavy atom. The summed E-state index contributed by atoms with van der Waals surface area (Å²) >= 11 is 0. The lowest BCUT2D eigenvalue weighted by Gasteiger charge is -2.17. The van der Waals surface area contributed by atoms with Crippen molar-refractivity contribution in [3.8, 4) is 11.5 Å². The number of hydrogen-bond acceptors (Lipinski definition) is 8. The van der Waals surface area contributed by atoms with Crippen LogP contribution < -0.4 is 9.47 Å². The van der Waals surface area contributed by atoms with Gasteiger partial charge in [-0.05, 0) is 52.3 Å². The summed E-state index contributed by atoms with van der Waals surface area (Å²) in [7, 11) is 2.96. The van der Waals surface area contributed by atoms with Gasteiger partial charge in [0.1, 0.15) is 23.2 Å². The van der Waals surface area contributed by atoms with Crippen molar-refractivity contribution in [3.63, 3.8) is 0 Å². The maximum atomic E-state index is 14.5. The van der Waals surface area contributed by atoms with Gasteiger partial charge in [0.05, 0.1) is 13.2 Å². The van der Waals surface area contributed by atoms with Crippen LogP contribution in [0.4, 0.5) is 4.39 Å². The number of rotatable bonds is 11. The number of ketones is 1. The first-order valence-corrected chi connectivity index (χ1v) is 11.0. The second-order valence-electron chi connectivity index (χ2n) is 8.27. The average molecular weight is 481 g/mol. The van der Waals surface area contributed by atoms with Crippen LogP contribution in [0.2, 0.25) is 0 Å². The maximum absolute atomic E-state index is 14.5. The molecule has 2 unspecified atom stereocenters. The number of hydrogen-bond donors (Lipinski definition) is 0. The molecule has 8 nitrogen and oxygen atoms in total. The minimum absolute atomic E-state index is 0.0158. The maximum Gasteiger partial charge on any atom is 0.342 e. The highest BCUT2D eigenvalue weighted by molar-refractivity contribution is 5.98. The zero-order chi connectivity index (χ0) is 25.5. The van der Waals surface area contributed by atoms with Gasteiger partial charge < -0.3 is 28.4 Å². The van der Waals surface area contributed by atoms with Crippen molar-refractivity contribution in [2.45, 2.75) is 65.1 Å². The zero-order valence-electron chi connectivity index (χ0n) is 20.7. The molecule has 3 atom stereocenters. The molecule has 1 saturated heterocycles. The molecule has 1 aromatic carbocycles.